The highest BCUT2D eigenvalue weighted by molar-refractivity contribution is 5.25. The van der Waals surface area contributed by atoms with Gasteiger partial charge in [0.25, 0.3) is 5.56 Å². The fraction of sp³-hybridized carbons (Fsp3) is 0.714. The first-order valence-corrected chi connectivity index (χ1v) is 7.13. The molecule has 2 heterocycles. The zero-order valence-electron chi connectivity index (χ0n) is 12.2. The molecule has 6 heteroatoms. The highest BCUT2D eigenvalue weighted by atomic mass is 16.5. The number of aromatic amines is 1. The van der Waals surface area contributed by atoms with E-state index in [-0.39, 0.29) is 29.4 Å². The first kappa shape index (κ1) is 14.8. The average Bonchev–Trinajstić information content (AvgIpc) is 2.80. The topological polar surface area (TPSA) is 84.3 Å². The fourth-order valence-electron chi connectivity index (χ4n) is 2.85. The van der Waals surface area contributed by atoms with Gasteiger partial charge < -0.3 is 9.84 Å². The van der Waals surface area contributed by atoms with Gasteiger partial charge in [0.1, 0.15) is 0 Å². The van der Waals surface area contributed by atoms with E-state index >= 15 is 0 Å². The molecular formula is C14H22N2O4. The second kappa shape index (κ2) is 5.83. The maximum Gasteiger partial charge on any atom is 0.331 e. The van der Waals surface area contributed by atoms with Crippen LogP contribution in [0, 0.1) is 5.92 Å². The van der Waals surface area contributed by atoms with Crippen molar-refractivity contribution in [3.05, 3.63) is 26.4 Å². The van der Waals surface area contributed by atoms with Gasteiger partial charge >= 0.3 is 5.69 Å². The molecule has 0 aliphatic carbocycles. The molecule has 2 N–H and O–H groups in total. The summed E-state index contributed by atoms with van der Waals surface area (Å²) in [6, 6.07) is 0. The van der Waals surface area contributed by atoms with E-state index < -0.39 is 11.2 Å². The highest BCUT2D eigenvalue weighted by Crippen LogP contribution is 2.27. The summed E-state index contributed by atoms with van der Waals surface area (Å²) >= 11 is 0. The van der Waals surface area contributed by atoms with Crippen molar-refractivity contribution in [3.8, 4) is 5.88 Å². The summed E-state index contributed by atoms with van der Waals surface area (Å²) in [5.41, 5.74) is -0.802. The van der Waals surface area contributed by atoms with E-state index in [4.69, 9.17) is 4.74 Å². The second-order valence-corrected chi connectivity index (χ2v) is 5.63. The van der Waals surface area contributed by atoms with Gasteiger partial charge in [0.2, 0.25) is 5.88 Å². The lowest BCUT2D eigenvalue weighted by Crippen LogP contribution is -2.35. The van der Waals surface area contributed by atoms with E-state index in [1.165, 1.54) is 4.57 Å². The summed E-state index contributed by atoms with van der Waals surface area (Å²) in [7, 11) is 0. The largest absolute Gasteiger partial charge is 0.494 e. The summed E-state index contributed by atoms with van der Waals surface area (Å²) < 4.78 is 6.86. The van der Waals surface area contributed by atoms with Crippen LogP contribution in [-0.2, 0) is 11.3 Å². The van der Waals surface area contributed by atoms with Crippen LogP contribution in [0.25, 0.3) is 0 Å². The third-order valence-electron chi connectivity index (χ3n) is 3.95. The third-order valence-corrected chi connectivity index (χ3v) is 3.95. The van der Waals surface area contributed by atoms with E-state index in [1.54, 1.807) is 0 Å². The van der Waals surface area contributed by atoms with Crippen molar-refractivity contribution in [2.24, 2.45) is 5.92 Å². The van der Waals surface area contributed by atoms with Gasteiger partial charge in [-0.25, -0.2) is 4.79 Å². The SMILES string of the molecule is CCC1OCCC1Cn1c(O)c(C(C)C)c(=O)[nH]c1=O. The Labute approximate surface area is 117 Å². The summed E-state index contributed by atoms with van der Waals surface area (Å²) in [5.74, 6) is -0.169. The van der Waals surface area contributed by atoms with E-state index in [2.05, 4.69) is 4.98 Å². The van der Waals surface area contributed by atoms with Gasteiger partial charge in [0.15, 0.2) is 0 Å². The molecule has 1 fully saturated rings. The molecule has 0 amide bonds. The molecular weight excluding hydrogens is 260 g/mol. The van der Waals surface area contributed by atoms with E-state index in [0.717, 1.165) is 12.8 Å². The molecule has 2 rings (SSSR count). The summed E-state index contributed by atoms with van der Waals surface area (Å²) in [6.07, 6.45) is 1.84. The van der Waals surface area contributed by atoms with Crippen LogP contribution < -0.4 is 11.2 Å². The predicted octanol–water partition coefficient (Wildman–Crippen LogP) is 1.18. The van der Waals surface area contributed by atoms with Crippen molar-refractivity contribution in [2.45, 2.75) is 52.2 Å². The van der Waals surface area contributed by atoms with Crippen molar-refractivity contribution in [1.82, 2.24) is 9.55 Å². The van der Waals surface area contributed by atoms with Crippen LogP contribution in [0.2, 0.25) is 0 Å². The lowest BCUT2D eigenvalue weighted by molar-refractivity contribution is 0.0824. The molecule has 20 heavy (non-hydrogen) atoms. The predicted molar refractivity (Wildman–Crippen MR) is 75.2 cm³/mol. The Morgan fingerprint density at radius 3 is 2.75 bits per heavy atom. The minimum absolute atomic E-state index is 0.107. The number of ether oxygens (including phenoxy) is 1. The lowest BCUT2D eigenvalue weighted by atomic mass is 9.99. The highest BCUT2D eigenvalue weighted by Gasteiger charge is 2.29. The van der Waals surface area contributed by atoms with Crippen molar-refractivity contribution >= 4 is 0 Å². The quantitative estimate of drug-likeness (QED) is 0.868. The first-order valence-electron chi connectivity index (χ1n) is 7.13. The van der Waals surface area contributed by atoms with E-state index in [0.29, 0.717) is 13.2 Å². The molecule has 0 radical (unpaired) electrons. The van der Waals surface area contributed by atoms with Gasteiger partial charge in [-0.05, 0) is 18.8 Å². The maximum atomic E-state index is 11.9. The van der Waals surface area contributed by atoms with Crippen LogP contribution in [-0.4, -0.2) is 27.4 Å². The average molecular weight is 282 g/mol. The normalized spacial score (nSPS) is 22.6. The Morgan fingerprint density at radius 1 is 1.45 bits per heavy atom. The van der Waals surface area contributed by atoms with Crippen molar-refractivity contribution in [3.63, 3.8) is 0 Å². The minimum Gasteiger partial charge on any atom is -0.494 e. The Hall–Kier alpha value is -1.56. The Morgan fingerprint density at radius 2 is 2.15 bits per heavy atom. The Kier molecular flexibility index (Phi) is 4.32. The van der Waals surface area contributed by atoms with Crippen LogP contribution >= 0.6 is 0 Å². The van der Waals surface area contributed by atoms with Gasteiger partial charge in [-0.2, -0.15) is 0 Å². The molecule has 2 atom stereocenters. The number of aromatic hydroxyl groups is 1. The molecule has 1 aromatic heterocycles. The van der Waals surface area contributed by atoms with Crippen molar-refractivity contribution in [2.75, 3.05) is 6.61 Å². The Balaban J connectivity index is 2.39. The molecule has 6 nitrogen and oxygen atoms in total. The van der Waals surface area contributed by atoms with Crippen molar-refractivity contribution < 1.29 is 9.84 Å². The molecule has 0 aromatic carbocycles. The molecule has 1 aliphatic heterocycles. The monoisotopic (exact) mass is 282 g/mol. The first-order chi connectivity index (χ1) is 9.45. The number of aromatic nitrogens is 2. The van der Waals surface area contributed by atoms with Crippen molar-refractivity contribution in [1.29, 1.82) is 0 Å². The molecule has 0 spiro atoms. The summed E-state index contributed by atoms with van der Waals surface area (Å²) in [6.45, 7) is 6.72. The molecule has 0 saturated carbocycles. The molecule has 1 aliphatic rings. The van der Waals surface area contributed by atoms with Gasteiger partial charge in [-0.1, -0.05) is 20.8 Å². The molecule has 1 aromatic rings. The van der Waals surface area contributed by atoms with Gasteiger partial charge in [-0.15, -0.1) is 0 Å². The van der Waals surface area contributed by atoms with Crippen LogP contribution in [0.5, 0.6) is 5.88 Å². The Bertz CT molecular complexity index is 588. The molecule has 2 unspecified atom stereocenters. The van der Waals surface area contributed by atoms with Gasteiger partial charge in [0, 0.05) is 19.1 Å². The van der Waals surface area contributed by atoms with Gasteiger partial charge in [-0.3, -0.25) is 14.3 Å². The lowest BCUT2D eigenvalue weighted by Gasteiger charge is -2.20. The zero-order chi connectivity index (χ0) is 14.9. The zero-order valence-corrected chi connectivity index (χ0v) is 12.2. The van der Waals surface area contributed by atoms with Crippen LogP contribution in [0.3, 0.4) is 0 Å². The fourth-order valence-corrected chi connectivity index (χ4v) is 2.85. The number of nitrogens with zero attached hydrogens (tertiary/aromatic N) is 1. The molecule has 112 valence electrons. The number of rotatable bonds is 4. The van der Waals surface area contributed by atoms with Crippen LogP contribution in [0.1, 0.15) is 45.1 Å². The molecule has 1 saturated heterocycles. The van der Waals surface area contributed by atoms with Crippen LogP contribution in [0.15, 0.2) is 9.59 Å². The number of hydrogen-bond donors (Lipinski definition) is 2. The molecule has 0 bridgehead atoms. The second-order valence-electron chi connectivity index (χ2n) is 5.63. The maximum absolute atomic E-state index is 11.9. The number of nitrogens with one attached hydrogen (secondary N) is 1. The van der Waals surface area contributed by atoms with Gasteiger partial charge in [0.05, 0.1) is 11.7 Å². The van der Waals surface area contributed by atoms with Crippen LogP contribution in [0.4, 0.5) is 0 Å². The summed E-state index contributed by atoms with van der Waals surface area (Å²) in [5, 5.41) is 10.2. The number of hydrogen-bond acceptors (Lipinski definition) is 4. The number of H-pyrrole nitrogens is 1. The standard InChI is InChI=1S/C14H22N2O4/c1-4-10-9(5-6-20-10)7-16-13(18)11(8(2)3)12(17)15-14(16)19/h8-10,18H,4-7H2,1-3H3,(H,15,17,19). The smallest absolute Gasteiger partial charge is 0.331 e. The minimum atomic E-state index is -0.557. The summed E-state index contributed by atoms with van der Waals surface area (Å²) in [4.78, 5) is 26.0. The third kappa shape index (κ3) is 2.65. The van der Waals surface area contributed by atoms with E-state index in [1.807, 2.05) is 20.8 Å². The van der Waals surface area contributed by atoms with E-state index in [9.17, 15) is 14.7 Å².